The minimum atomic E-state index is -1.22. The van der Waals surface area contributed by atoms with E-state index in [1.807, 2.05) is 0 Å². The summed E-state index contributed by atoms with van der Waals surface area (Å²) in [6.07, 6.45) is 1.26. The van der Waals surface area contributed by atoms with E-state index in [0.717, 1.165) is 17.7 Å². The molecule has 6 N–H and O–H groups in total. The van der Waals surface area contributed by atoms with Gasteiger partial charge in [0.2, 0.25) is 5.91 Å². The third-order valence-electron chi connectivity index (χ3n) is 6.16. The molecule has 1 fully saturated rings. The zero-order valence-corrected chi connectivity index (χ0v) is 18.3. The largest absolute Gasteiger partial charge is 0.465 e. The van der Waals surface area contributed by atoms with Crippen molar-refractivity contribution in [3.8, 4) is 0 Å². The van der Waals surface area contributed by atoms with E-state index in [9.17, 15) is 19.2 Å². The van der Waals surface area contributed by atoms with Crippen LogP contribution in [0.3, 0.4) is 0 Å². The molecule has 1 aliphatic carbocycles. The Hall–Kier alpha value is -3.87. The van der Waals surface area contributed by atoms with E-state index in [1.165, 1.54) is 0 Å². The number of ketones is 2. The molecule has 4 rings (SSSR count). The average molecular weight is 470 g/mol. The number of hydrogen-bond acceptors (Lipinski definition) is 9. The molecule has 1 aromatic carbocycles. The molecule has 3 unspecified atom stereocenters. The molecule has 1 aromatic heterocycles. The summed E-state index contributed by atoms with van der Waals surface area (Å²) in [6, 6.07) is 4.92. The summed E-state index contributed by atoms with van der Waals surface area (Å²) in [4.78, 5) is 47.8. The van der Waals surface area contributed by atoms with Crippen LogP contribution in [0.15, 0.2) is 18.2 Å². The van der Waals surface area contributed by atoms with Gasteiger partial charge in [0.25, 0.3) is 0 Å². The molecule has 0 bridgehead atoms. The van der Waals surface area contributed by atoms with Gasteiger partial charge < -0.3 is 26.4 Å². The first-order chi connectivity index (χ1) is 16.4. The lowest BCUT2D eigenvalue weighted by Gasteiger charge is -2.13. The summed E-state index contributed by atoms with van der Waals surface area (Å²) in [5, 5.41) is 33.2. The van der Waals surface area contributed by atoms with Crippen LogP contribution in [0.5, 0.6) is 0 Å². The van der Waals surface area contributed by atoms with Crippen molar-refractivity contribution in [2.75, 3.05) is 18.4 Å². The fourth-order valence-electron chi connectivity index (χ4n) is 4.35. The van der Waals surface area contributed by atoms with E-state index in [4.69, 9.17) is 5.11 Å². The molecule has 13 nitrogen and oxygen atoms in total. The number of rotatable bonds is 10. The Bertz CT molecular complexity index is 1070. The van der Waals surface area contributed by atoms with Crippen molar-refractivity contribution in [3.05, 3.63) is 35.2 Å². The number of Topliss-reactive ketones (excluding diaryl/α,β-unsaturated/α-hetero) is 2. The van der Waals surface area contributed by atoms with Crippen molar-refractivity contribution in [1.82, 2.24) is 36.6 Å². The number of amides is 2. The highest BCUT2D eigenvalue weighted by atomic mass is 16.4. The van der Waals surface area contributed by atoms with Gasteiger partial charge in [-0.25, -0.2) is 4.79 Å². The highest BCUT2D eigenvalue weighted by molar-refractivity contribution is 5.98. The molecule has 2 aromatic rings. The zero-order chi connectivity index (χ0) is 24.1. The molecule has 2 amide bonds. The zero-order valence-electron chi connectivity index (χ0n) is 18.3. The number of benzene rings is 1. The smallest absolute Gasteiger partial charge is 0.405 e. The lowest BCUT2D eigenvalue weighted by atomic mass is 10.0. The van der Waals surface area contributed by atoms with Gasteiger partial charge in [-0.1, -0.05) is 5.21 Å². The summed E-state index contributed by atoms with van der Waals surface area (Å²) < 4.78 is 0. The minimum absolute atomic E-state index is 0.0334. The van der Waals surface area contributed by atoms with Gasteiger partial charge in [-0.2, -0.15) is 5.21 Å². The molecule has 180 valence electrons. The van der Waals surface area contributed by atoms with Crippen LogP contribution in [0.2, 0.25) is 0 Å². The molecule has 2 aliphatic rings. The first-order valence-electron chi connectivity index (χ1n) is 11.0. The first-order valence-corrected chi connectivity index (χ1v) is 11.0. The summed E-state index contributed by atoms with van der Waals surface area (Å²) in [5.41, 5.74) is 2.26. The van der Waals surface area contributed by atoms with Gasteiger partial charge >= 0.3 is 6.09 Å². The fourth-order valence-corrected chi connectivity index (χ4v) is 4.35. The van der Waals surface area contributed by atoms with Crippen molar-refractivity contribution in [1.29, 1.82) is 0 Å². The SMILES string of the molecule is O=C(O)NCC(=O)C1CCC(NCC(=O)c2ccc3c(c2)CC(C(=O)NCc2nn[nH]n2)N3)C1. The second-order valence-electron chi connectivity index (χ2n) is 8.45. The number of carboxylic acid groups (broad SMARTS) is 1. The van der Waals surface area contributed by atoms with Crippen LogP contribution >= 0.6 is 0 Å². The van der Waals surface area contributed by atoms with Crippen LogP contribution in [-0.2, 0) is 22.6 Å². The number of anilines is 1. The predicted octanol–water partition coefficient (Wildman–Crippen LogP) is -0.370. The van der Waals surface area contributed by atoms with Crippen molar-refractivity contribution >= 4 is 29.3 Å². The first kappa shape index (κ1) is 23.3. The maximum Gasteiger partial charge on any atom is 0.405 e. The Morgan fingerprint density at radius 1 is 1.12 bits per heavy atom. The maximum atomic E-state index is 12.7. The van der Waals surface area contributed by atoms with Gasteiger partial charge in [0.1, 0.15) is 6.04 Å². The molecule has 1 aliphatic heterocycles. The Balaban J connectivity index is 1.23. The summed E-state index contributed by atoms with van der Waals surface area (Å²) in [5.74, 6) is -0.206. The topological polar surface area (TPSA) is 191 Å². The number of nitrogens with zero attached hydrogens (tertiary/aromatic N) is 3. The number of fused-ring (bicyclic) bond motifs is 1. The van der Waals surface area contributed by atoms with E-state index in [1.54, 1.807) is 18.2 Å². The Morgan fingerprint density at radius 3 is 2.74 bits per heavy atom. The monoisotopic (exact) mass is 470 g/mol. The number of H-pyrrole nitrogens is 1. The highest BCUT2D eigenvalue weighted by Gasteiger charge is 2.30. The number of carbonyl (C=O) groups is 4. The molecule has 34 heavy (non-hydrogen) atoms. The molecule has 0 saturated heterocycles. The van der Waals surface area contributed by atoms with E-state index in [2.05, 4.69) is 41.9 Å². The van der Waals surface area contributed by atoms with E-state index in [0.29, 0.717) is 30.7 Å². The molecule has 3 atom stereocenters. The number of aromatic nitrogens is 4. The number of tetrazole rings is 1. The molecule has 1 saturated carbocycles. The molecule has 13 heteroatoms. The van der Waals surface area contributed by atoms with Crippen LogP contribution in [0.25, 0.3) is 0 Å². The van der Waals surface area contributed by atoms with Gasteiger partial charge in [0.05, 0.1) is 19.6 Å². The second-order valence-corrected chi connectivity index (χ2v) is 8.45. The Morgan fingerprint density at radius 2 is 1.97 bits per heavy atom. The second kappa shape index (κ2) is 10.4. The molecule has 2 heterocycles. The number of aromatic amines is 1. The summed E-state index contributed by atoms with van der Waals surface area (Å²) >= 11 is 0. The highest BCUT2D eigenvalue weighted by Crippen LogP contribution is 2.28. The molecular weight excluding hydrogens is 444 g/mol. The van der Waals surface area contributed by atoms with Crippen LogP contribution in [0.1, 0.15) is 41.0 Å². The standard InChI is InChI=1S/C21H26N8O5/c30-17(8-22-14-3-1-12(6-14)18(31)9-24-21(33)34)11-2-4-15-13(5-11)7-16(25-15)20(32)23-10-19-26-28-29-27-19/h2,4-5,12,14,16,22,24-25H,1,3,6-10H2,(H,23,32)(H,33,34)(H,26,27,28,29). The third kappa shape index (κ3) is 5.73. The average Bonchev–Trinajstić information content (AvgIpc) is 3.59. The van der Waals surface area contributed by atoms with Crippen molar-refractivity contribution in [3.63, 3.8) is 0 Å². The van der Waals surface area contributed by atoms with Gasteiger partial charge in [-0.3, -0.25) is 14.4 Å². The summed E-state index contributed by atoms with van der Waals surface area (Å²) in [7, 11) is 0. The van der Waals surface area contributed by atoms with Crippen LogP contribution in [0.4, 0.5) is 10.5 Å². The van der Waals surface area contributed by atoms with Crippen LogP contribution in [-0.4, -0.2) is 74.5 Å². The van der Waals surface area contributed by atoms with E-state index < -0.39 is 12.1 Å². The van der Waals surface area contributed by atoms with Gasteiger partial charge in [-0.15, -0.1) is 10.2 Å². The lowest BCUT2D eigenvalue weighted by molar-refractivity contribution is -0.122. The number of carbonyl (C=O) groups excluding carboxylic acids is 3. The molecular formula is C21H26N8O5. The normalized spacial score (nSPS) is 20.9. The maximum absolute atomic E-state index is 12.7. The quantitative estimate of drug-likeness (QED) is 0.250. The van der Waals surface area contributed by atoms with Crippen LogP contribution in [0, 0.1) is 5.92 Å². The molecule has 0 radical (unpaired) electrons. The summed E-state index contributed by atoms with van der Waals surface area (Å²) in [6.45, 7) is 0.119. The third-order valence-corrected chi connectivity index (χ3v) is 6.16. The lowest BCUT2D eigenvalue weighted by Crippen LogP contribution is -2.38. The Kier molecular flexibility index (Phi) is 7.11. The van der Waals surface area contributed by atoms with Crippen molar-refractivity contribution in [2.24, 2.45) is 5.92 Å². The van der Waals surface area contributed by atoms with E-state index >= 15 is 0 Å². The van der Waals surface area contributed by atoms with Gasteiger partial charge in [0, 0.05) is 29.6 Å². The number of nitrogens with one attached hydrogen (secondary N) is 5. The van der Waals surface area contributed by atoms with Crippen molar-refractivity contribution in [2.45, 2.75) is 44.3 Å². The van der Waals surface area contributed by atoms with Crippen molar-refractivity contribution < 1.29 is 24.3 Å². The minimum Gasteiger partial charge on any atom is -0.465 e. The van der Waals surface area contributed by atoms with E-state index in [-0.39, 0.29) is 49.1 Å². The Labute approximate surface area is 194 Å². The van der Waals surface area contributed by atoms with Gasteiger partial charge in [0.15, 0.2) is 17.4 Å². The number of hydrogen-bond donors (Lipinski definition) is 6. The fraction of sp³-hybridized carbons (Fsp3) is 0.476. The van der Waals surface area contributed by atoms with Gasteiger partial charge in [-0.05, 0) is 43.0 Å². The van der Waals surface area contributed by atoms with Crippen LogP contribution < -0.4 is 21.3 Å². The predicted molar refractivity (Wildman–Crippen MR) is 118 cm³/mol. The molecule has 0 spiro atoms.